The molecule has 0 saturated heterocycles. The zero-order valence-corrected chi connectivity index (χ0v) is 14.0. The van der Waals surface area contributed by atoms with Crippen LogP contribution in [0.1, 0.15) is 30.6 Å². The number of unbranched alkanes of at least 4 members (excludes halogenated alkanes) is 3. The average Bonchev–Trinajstić information content (AvgIpc) is 2.95. The minimum Gasteiger partial charge on any atom is -0.389 e. The molecule has 116 valence electrons. The summed E-state index contributed by atoms with van der Waals surface area (Å²) in [7, 11) is 0. The normalized spacial score (nSPS) is 12.7. The Morgan fingerprint density at radius 2 is 2.20 bits per heavy atom. The van der Waals surface area contributed by atoms with Crippen molar-refractivity contribution in [1.82, 2.24) is 5.32 Å². The van der Waals surface area contributed by atoms with E-state index in [0.29, 0.717) is 19.8 Å². The summed E-state index contributed by atoms with van der Waals surface area (Å²) in [5, 5.41) is 15.1. The molecular weight excluding hydrogens is 290 g/mol. The molecule has 0 fully saturated rings. The zero-order chi connectivity index (χ0) is 14.5. The van der Waals surface area contributed by atoms with Crippen LogP contribution in [0.25, 0.3) is 0 Å². The Morgan fingerprint density at radius 3 is 2.95 bits per heavy atom. The van der Waals surface area contributed by atoms with Gasteiger partial charge in [0.2, 0.25) is 0 Å². The van der Waals surface area contributed by atoms with Gasteiger partial charge in [-0.3, -0.25) is 0 Å². The third kappa shape index (κ3) is 9.77. The maximum Gasteiger partial charge on any atom is 0.0897 e. The number of aliphatic hydroxyl groups is 1. The van der Waals surface area contributed by atoms with E-state index in [1.54, 1.807) is 11.3 Å². The largest absolute Gasteiger partial charge is 0.389 e. The second kappa shape index (κ2) is 12.7. The summed E-state index contributed by atoms with van der Waals surface area (Å²) < 4.78 is 5.48. The highest BCUT2D eigenvalue weighted by Gasteiger charge is 2.04. The average molecular weight is 318 g/mol. The number of nitrogens with one attached hydrogen (secondary N) is 1. The Hall–Kier alpha value is -0.0700. The number of rotatable bonds is 13. The molecule has 0 aromatic carbocycles. The lowest BCUT2D eigenvalue weighted by Gasteiger charge is -2.12. The maximum absolute atomic E-state index is 9.76. The Labute approximate surface area is 131 Å². The summed E-state index contributed by atoms with van der Waals surface area (Å²) in [6.07, 6.45) is 6.85. The summed E-state index contributed by atoms with van der Waals surface area (Å²) in [4.78, 5) is 1.20. The fraction of sp³-hybridized carbons (Fsp3) is 0.733. The van der Waals surface area contributed by atoms with Crippen LogP contribution >= 0.6 is 23.1 Å². The van der Waals surface area contributed by atoms with Crippen LogP contribution in [-0.4, -0.2) is 42.9 Å². The van der Waals surface area contributed by atoms with Crippen LogP contribution in [0.4, 0.5) is 0 Å². The van der Waals surface area contributed by atoms with Gasteiger partial charge in [-0.1, -0.05) is 18.9 Å². The number of thiophene rings is 1. The third-order valence-corrected chi connectivity index (χ3v) is 4.51. The lowest BCUT2D eigenvalue weighted by atomic mass is 10.2. The molecule has 1 heterocycles. The summed E-state index contributed by atoms with van der Waals surface area (Å²) in [6.45, 7) is 2.61. The first-order chi connectivity index (χ1) is 9.83. The van der Waals surface area contributed by atoms with E-state index < -0.39 is 6.10 Å². The molecule has 0 radical (unpaired) electrons. The third-order valence-electron chi connectivity index (χ3n) is 2.97. The fourth-order valence-electron chi connectivity index (χ4n) is 1.87. The Morgan fingerprint density at radius 1 is 1.35 bits per heavy atom. The van der Waals surface area contributed by atoms with Crippen molar-refractivity contribution in [1.29, 1.82) is 0 Å². The molecule has 2 N–H and O–H groups in total. The first-order valence-electron chi connectivity index (χ1n) is 7.30. The molecule has 0 aliphatic heterocycles. The summed E-state index contributed by atoms with van der Waals surface area (Å²) >= 11 is 3.60. The number of ether oxygens (including phenoxy) is 1. The predicted molar refractivity (Wildman–Crippen MR) is 89.7 cm³/mol. The smallest absolute Gasteiger partial charge is 0.0897 e. The van der Waals surface area contributed by atoms with Gasteiger partial charge in [-0.15, -0.1) is 11.3 Å². The quantitative estimate of drug-likeness (QED) is 0.549. The van der Waals surface area contributed by atoms with Crippen LogP contribution in [0.2, 0.25) is 0 Å². The van der Waals surface area contributed by atoms with Crippen molar-refractivity contribution in [3.63, 3.8) is 0 Å². The molecule has 1 aromatic rings. The molecule has 0 aliphatic rings. The van der Waals surface area contributed by atoms with E-state index in [2.05, 4.69) is 11.6 Å². The van der Waals surface area contributed by atoms with Gasteiger partial charge in [0.1, 0.15) is 0 Å². The highest BCUT2D eigenvalue weighted by Crippen LogP contribution is 2.09. The SMILES string of the molecule is CSCCCCCCNCC(O)COCc1cccs1. The summed E-state index contributed by atoms with van der Waals surface area (Å²) in [5.74, 6) is 1.27. The standard InChI is InChI=1S/C15H27NO2S2/c1-19-9-5-3-2-4-8-16-11-14(17)12-18-13-15-7-6-10-20-15/h6-7,10,14,16-17H,2-5,8-9,11-13H2,1H3. The topological polar surface area (TPSA) is 41.5 Å². The number of hydrogen-bond donors (Lipinski definition) is 2. The van der Waals surface area contributed by atoms with E-state index in [9.17, 15) is 5.11 Å². The lowest BCUT2D eigenvalue weighted by Crippen LogP contribution is -2.30. The van der Waals surface area contributed by atoms with Crippen LogP contribution < -0.4 is 5.32 Å². The Kier molecular flexibility index (Phi) is 11.4. The van der Waals surface area contributed by atoms with Gasteiger partial charge in [-0.25, -0.2) is 0 Å². The van der Waals surface area contributed by atoms with Crippen LogP contribution in [0.3, 0.4) is 0 Å². The van der Waals surface area contributed by atoms with Gasteiger partial charge in [0.15, 0.2) is 0 Å². The van der Waals surface area contributed by atoms with Crippen molar-refractivity contribution in [2.75, 3.05) is 31.7 Å². The molecule has 1 aromatic heterocycles. The molecule has 0 spiro atoms. The van der Waals surface area contributed by atoms with Crippen LogP contribution in [0.15, 0.2) is 17.5 Å². The first kappa shape index (κ1) is 18.0. The van der Waals surface area contributed by atoms with Crippen molar-refractivity contribution in [3.8, 4) is 0 Å². The zero-order valence-electron chi connectivity index (χ0n) is 12.3. The summed E-state index contributed by atoms with van der Waals surface area (Å²) in [6, 6.07) is 4.06. The van der Waals surface area contributed by atoms with Gasteiger partial charge in [-0.2, -0.15) is 11.8 Å². The minimum absolute atomic E-state index is 0.401. The van der Waals surface area contributed by atoms with Crippen molar-refractivity contribution in [2.45, 2.75) is 38.4 Å². The minimum atomic E-state index is -0.411. The van der Waals surface area contributed by atoms with E-state index in [1.165, 1.54) is 36.3 Å². The molecule has 1 unspecified atom stereocenters. The number of hydrogen-bond acceptors (Lipinski definition) is 5. The molecule has 0 saturated carbocycles. The Balaban J connectivity index is 1.84. The van der Waals surface area contributed by atoms with Crippen molar-refractivity contribution in [2.24, 2.45) is 0 Å². The first-order valence-corrected chi connectivity index (χ1v) is 9.58. The lowest BCUT2D eigenvalue weighted by molar-refractivity contribution is 0.0299. The molecule has 1 rings (SSSR count). The molecule has 0 bridgehead atoms. The molecule has 1 atom stereocenters. The monoisotopic (exact) mass is 317 g/mol. The second-order valence-electron chi connectivity index (χ2n) is 4.86. The highest BCUT2D eigenvalue weighted by molar-refractivity contribution is 7.98. The van der Waals surface area contributed by atoms with Gasteiger partial charge in [0.05, 0.1) is 19.3 Å². The predicted octanol–water partition coefficient (Wildman–Crippen LogP) is 3.14. The molecule has 0 aliphatic carbocycles. The van der Waals surface area contributed by atoms with Gasteiger partial charge in [-0.05, 0) is 42.8 Å². The summed E-state index contributed by atoms with van der Waals surface area (Å²) in [5.41, 5.74) is 0. The second-order valence-corrected chi connectivity index (χ2v) is 6.88. The maximum atomic E-state index is 9.76. The van der Waals surface area contributed by atoms with E-state index in [0.717, 1.165) is 6.54 Å². The van der Waals surface area contributed by atoms with Crippen LogP contribution in [0, 0.1) is 0 Å². The molecule has 0 amide bonds. The molecular formula is C15H27NO2S2. The number of thioether (sulfide) groups is 1. The number of aliphatic hydroxyl groups excluding tert-OH is 1. The van der Waals surface area contributed by atoms with Crippen LogP contribution in [0.5, 0.6) is 0 Å². The van der Waals surface area contributed by atoms with Gasteiger partial charge in [0, 0.05) is 11.4 Å². The van der Waals surface area contributed by atoms with Gasteiger partial charge in [0.25, 0.3) is 0 Å². The van der Waals surface area contributed by atoms with E-state index in [4.69, 9.17) is 4.74 Å². The highest BCUT2D eigenvalue weighted by atomic mass is 32.2. The van der Waals surface area contributed by atoms with E-state index in [1.807, 2.05) is 29.3 Å². The van der Waals surface area contributed by atoms with Crippen molar-refractivity contribution >= 4 is 23.1 Å². The molecule has 3 nitrogen and oxygen atoms in total. The van der Waals surface area contributed by atoms with Crippen molar-refractivity contribution < 1.29 is 9.84 Å². The van der Waals surface area contributed by atoms with E-state index in [-0.39, 0.29) is 0 Å². The van der Waals surface area contributed by atoms with Gasteiger partial charge < -0.3 is 15.2 Å². The van der Waals surface area contributed by atoms with Crippen molar-refractivity contribution in [3.05, 3.63) is 22.4 Å². The molecule has 5 heteroatoms. The fourth-order valence-corrected chi connectivity index (χ4v) is 3.00. The van der Waals surface area contributed by atoms with Crippen LogP contribution in [-0.2, 0) is 11.3 Å². The molecule has 20 heavy (non-hydrogen) atoms. The Bertz CT molecular complexity index is 307. The van der Waals surface area contributed by atoms with E-state index >= 15 is 0 Å². The van der Waals surface area contributed by atoms with Gasteiger partial charge >= 0.3 is 0 Å².